The topological polar surface area (TPSA) is 12.0 Å². The lowest BCUT2D eigenvalue weighted by molar-refractivity contribution is 0.363. The Balaban J connectivity index is 2.74. The zero-order valence-electron chi connectivity index (χ0n) is 10.8. The number of hydrogen-bond acceptors (Lipinski definition) is 1. The summed E-state index contributed by atoms with van der Waals surface area (Å²) in [6, 6.07) is 4.91. The Kier molecular flexibility index (Phi) is 6.14. The minimum Gasteiger partial charge on any atom is -0.317 e. The summed E-state index contributed by atoms with van der Waals surface area (Å²) in [5.74, 6) is 0.964. The average molecular weight is 302 g/mol. The second-order valence-electron chi connectivity index (χ2n) is 4.75. The van der Waals surface area contributed by atoms with Crippen LogP contribution in [0.2, 0.25) is 0 Å². The molecule has 0 heterocycles. The summed E-state index contributed by atoms with van der Waals surface area (Å²) in [6.07, 6.45) is 0.906. The first-order chi connectivity index (χ1) is 8.04. The third-order valence-corrected chi connectivity index (χ3v) is 3.86. The molecule has 1 nitrogen and oxygen atoms in total. The largest absolute Gasteiger partial charge is 0.317 e. The van der Waals surface area contributed by atoms with Crippen molar-refractivity contribution in [1.29, 1.82) is 0 Å². The van der Waals surface area contributed by atoms with Crippen molar-refractivity contribution < 1.29 is 4.39 Å². The predicted octanol–water partition coefficient (Wildman–Crippen LogP) is 4.01. The van der Waals surface area contributed by atoms with Crippen molar-refractivity contribution in [3.05, 3.63) is 34.1 Å². The molecule has 1 atom stereocenters. The van der Waals surface area contributed by atoms with E-state index in [1.165, 1.54) is 6.07 Å². The highest BCUT2D eigenvalue weighted by atomic mass is 79.9. The fourth-order valence-electron chi connectivity index (χ4n) is 1.86. The Morgan fingerprint density at radius 1 is 1.35 bits per heavy atom. The van der Waals surface area contributed by atoms with Crippen LogP contribution in [0.3, 0.4) is 0 Å². The third kappa shape index (κ3) is 4.76. The van der Waals surface area contributed by atoms with Gasteiger partial charge in [0.25, 0.3) is 0 Å². The van der Waals surface area contributed by atoms with Gasteiger partial charge in [-0.15, -0.1) is 0 Å². The second-order valence-corrected chi connectivity index (χ2v) is 5.61. The maximum atomic E-state index is 13.2. The summed E-state index contributed by atoms with van der Waals surface area (Å²) in [5, 5.41) is 3.37. The molecule has 0 saturated heterocycles. The van der Waals surface area contributed by atoms with Crippen molar-refractivity contribution in [2.45, 2.75) is 27.2 Å². The fourth-order valence-corrected chi connectivity index (χ4v) is 2.26. The van der Waals surface area contributed by atoms with Crippen LogP contribution in [0.15, 0.2) is 22.7 Å². The molecule has 0 aliphatic carbocycles. The van der Waals surface area contributed by atoms with Gasteiger partial charge in [-0.2, -0.15) is 0 Å². The molecule has 17 heavy (non-hydrogen) atoms. The summed E-state index contributed by atoms with van der Waals surface area (Å²) in [5.41, 5.74) is 1.06. The maximum absolute atomic E-state index is 13.2. The third-order valence-electron chi connectivity index (χ3n) is 3.09. The number of rotatable bonds is 6. The molecule has 0 saturated carbocycles. The van der Waals surface area contributed by atoms with Gasteiger partial charge >= 0.3 is 0 Å². The van der Waals surface area contributed by atoms with Crippen LogP contribution in [-0.4, -0.2) is 13.1 Å². The van der Waals surface area contributed by atoms with Gasteiger partial charge < -0.3 is 5.32 Å². The molecule has 96 valence electrons. The van der Waals surface area contributed by atoms with Crippen molar-refractivity contribution in [2.24, 2.45) is 11.8 Å². The molecule has 0 radical (unpaired) electrons. The van der Waals surface area contributed by atoms with E-state index in [0.29, 0.717) is 11.8 Å². The van der Waals surface area contributed by atoms with E-state index in [-0.39, 0.29) is 5.82 Å². The molecule has 0 amide bonds. The van der Waals surface area contributed by atoms with Crippen molar-refractivity contribution in [3.63, 3.8) is 0 Å². The Hall–Kier alpha value is -0.410. The SMILES string of the molecule is CCNCC(Cc1cc(F)ccc1Br)C(C)C. The number of benzene rings is 1. The standard InChI is InChI=1S/C14H21BrFN/c1-4-17-9-12(10(2)3)7-11-8-13(16)5-6-14(11)15/h5-6,8,10,12,17H,4,7,9H2,1-3H3. The summed E-state index contributed by atoms with van der Waals surface area (Å²) in [4.78, 5) is 0. The van der Waals surface area contributed by atoms with E-state index < -0.39 is 0 Å². The highest BCUT2D eigenvalue weighted by molar-refractivity contribution is 9.10. The molecule has 1 aromatic carbocycles. The Bertz CT molecular complexity index is 352. The van der Waals surface area contributed by atoms with Crippen LogP contribution in [0, 0.1) is 17.7 Å². The van der Waals surface area contributed by atoms with Gasteiger partial charge in [0.15, 0.2) is 0 Å². The van der Waals surface area contributed by atoms with Crippen LogP contribution < -0.4 is 5.32 Å². The van der Waals surface area contributed by atoms with E-state index in [1.807, 2.05) is 0 Å². The van der Waals surface area contributed by atoms with Crippen molar-refractivity contribution in [1.82, 2.24) is 5.32 Å². The normalized spacial score (nSPS) is 13.1. The molecular formula is C14H21BrFN. The molecular weight excluding hydrogens is 281 g/mol. The first-order valence-electron chi connectivity index (χ1n) is 6.19. The quantitative estimate of drug-likeness (QED) is 0.837. The lowest BCUT2D eigenvalue weighted by atomic mass is 9.89. The molecule has 0 spiro atoms. The van der Waals surface area contributed by atoms with Gasteiger partial charge in [-0.3, -0.25) is 0 Å². The first kappa shape index (κ1) is 14.7. The van der Waals surface area contributed by atoms with Crippen LogP contribution in [0.25, 0.3) is 0 Å². The molecule has 0 aliphatic heterocycles. The van der Waals surface area contributed by atoms with E-state index >= 15 is 0 Å². The van der Waals surface area contributed by atoms with Gasteiger partial charge in [-0.25, -0.2) is 4.39 Å². The van der Waals surface area contributed by atoms with Gasteiger partial charge in [-0.05, 0) is 55.1 Å². The molecule has 1 rings (SSSR count). The molecule has 3 heteroatoms. The van der Waals surface area contributed by atoms with Crippen LogP contribution in [0.4, 0.5) is 4.39 Å². The van der Waals surface area contributed by atoms with Gasteiger partial charge in [0, 0.05) is 4.47 Å². The lowest BCUT2D eigenvalue weighted by Gasteiger charge is -2.21. The molecule has 0 fully saturated rings. The smallest absolute Gasteiger partial charge is 0.123 e. The monoisotopic (exact) mass is 301 g/mol. The van der Waals surface area contributed by atoms with E-state index in [4.69, 9.17) is 0 Å². The van der Waals surface area contributed by atoms with Crippen LogP contribution in [0.5, 0.6) is 0 Å². The number of hydrogen-bond donors (Lipinski definition) is 1. The van der Waals surface area contributed by atoms with Crippen LogP contribution in [-0.2, 0) is 6.42 Å². The Morgan fingerprint density at radius 3 is 2.65 bits per heavy atom. The summed E-state index contributed by atoms with van der Waals surface area (Å²) >= 11 is 3.49. The Morgan fingerprint density at radius 2 is 2.06 bits per heavy atom. The summed E-state index contributed by atoms with van der Waals surface area (Å²) in [6.45, 7) is 8.50. The summed E-state index contributed by atoms with van der Waals surface area (Å²) in [7, 11) is 0. The minimum absolute atomic E-state index is 0.158. The van der Waals surface area contributed by atoms with Crippen molar-refractivity contribution in [3.8, 4) is 0 Å². The van der Waals surface area contributed by atoms with Crippen molar-refractivity contribution >= 4 is 15.9 Å². The van der Waals surface area contributed by atoms with Gasteiger partial charge in [-0.1, -0.05) is 36.7 Å². The average Bonchev–Trinajstić information content (AvgIpc) is 2.28. The van der Waals surface area contributed by atoms with Gasteiger partial charge in [0.05, 0.1) is 0 Å². The van der Waals surface area contributed by atoms with E-state index in [1.54, 1.807) is 12.1 Å². The number of halogens is 2. The molecule has 0 bridgehead atoms. The number of nitrogens with one attached hydrogen (secondary N) is 1. The second kappa shape index (κ2) is 7.12. The zero-order valence-corrected chi connectivity index (χ0v) is 12.3. The van der Waals surface area contributed by atoms with E-state index in [0.717, 1.165) is 29.5 Å². The first-order valence-corrected chi connectivity index (χ1v) is 6.98. The fraction of sp³-hybridized carbons (Fsp3) is 0.571. The highest BCUT2D eigenvalue weighted by Crippen LogP contribution is 2.24. The van der Waals surface area contributed by atoms with Crippen LogP contribution >= 0.6 is 15.9 Å². The highest BCUT2D eigenvalue weighted by Gasteiger charge is 2.15. The molecule has 0 aliphatic rings. The predicted molar refractivity (Wildman–Crippen MR) is 74.7 cm³/mol. The van der Waals surface area contributed by atoms with E-state index in [2.05, 4.69) is 42.0 Å². The van der Waals surface area contributed by atoms with Crippen molar-refractivity contribution in [2.75, 3.05) is 13.1 Å². The van der Waals surface area contributed by atoms with Gasteiger partial charge in [0.1, 0.15) is 5.82 Å². The molecule has 1 N–H and O–H groups in total. The summed E-state index contributed by atoms with van der Waals surface area (Å²) < 4.78 is 14.2. The maximum Gasteiger partial charge on any atom is 0.123 e. The minimum atomic E-state index is -0.158. The van der Waals surface area contributed by atoms with Crippen LogP contribution in [0.1, 0.15) is 26.3 Å². The van der Waals surface area contributed by atoms with E-state index in [9.17, 15) is 4.39 Å². The zero-order chi connectivity index (χ0) is 12.8. The molecule has 1 unspecified atom stereocenters. The molecule has 1 aromatic rings. The molecule has 0 aromatic heterocycles. The Labute approximate surface area is 112 Å². The lowest BCUT2D eigenvalue weighted by Crippen LogP contribution is -2.27. The van der Waals surface area contributed by atoms with Gasteiger partial charge in [0.2, 0.25) is 0 Å².